The first kappa shape index (κ1) is 32.7. The third-order valence-corrected chi connectivity index (χ3v) is 11.3. The average molecular weight is 723 g/mol. The first-order chi connectivity index (χ1) is 27.8. The molecule has 0 spiro atoms. The first-order valence-electron chi connectivity index (χ1n) is 19.3. The van der Waals surface area contributed by atoms with Crippen molar-refractivity contribution < 1.29 is 4.42 Å². The van der Waals surface area contributed by atoms with Crippen molar-refractivity contribution in [3.8, 4) is 27.9 Å². The number of furan rings is 1. The Morgan fingerprint density at radius 1 is 0.393 bits per heavy atom. The summed E-state index contributed by atoms with van der Waals surface area (Å²) in [7, 11) is 0. The van der Waals surface area contributed by atoms with Gasteiger partial charge in [0.15, 0.2) is 5.58 Å². The van der Waals surface area contributed by atoms with E-state index >= 15 is 0 Å². The molecule has 0 amide bonds. The van der Waals surface area contributed by atoms with Gasteiger partial charge in [-0.1, -0.05) is 158 Å². The quantitative estimate of drug-likeness (QED) is 0.160. The molecule has 2 aromatic heterocycles. The highest BCUT2D eigenvalue weighted by Crippen LogP contribution is 2.42. The van der Waals surface area contributed by atoms with Crippen molar-refractivity contribution in [1.29, 1.82) is 0 Å². The van der Waals surface area contributed by atoms with Gasteiger partial charge in [-0.05, 0) is 75.3 Å². The van der Waals surface area contributed by atoms with Gasteiger partial charge in [0, 0.05) is 21.5 Å². The van der Waals surface area contributed by atoms with Crippen LogP contribution in [-0.2, 0) is 0 Å². The van der Waals surface area contributed by atoms with E-state index in [0.29, 0.717) is 0 Å². The van der Waals surface area contributed by atoms with Gasteiger partial charge in [0.1, 0.15) is 5.58 Å². The maximum atomic E-state index is 6.95. The van der Waals surface area contributed by atoms with Crippen LogP contribution in [0.15, 0.2) is 199 Å². The van der Waals surface area contributed by atoms with Crippen LogP contribution in [0, 0.1) is 0 Å². The van der Waals surface area contributed by atoms with Gasteiger partial charge >= 0.3 is 0 Å². The molecule has 11 rings (SSSR count). The minimum Gasteiger partial charge on any atom is -0.454 e. The van der Waals surface area contributed by atoms with Crippen molar-refractivity contribution in [2.24, 2.45) is 0 Å². The van der Waals surface area contributed by atoms with Crippen molar-refractivity contribution >= 4 is 43.7 Å². The number of hydrogen-bond acceptors (Lipinski definition) is 4. The molecule has 8 aromatic carbocycles. The van der Waals surface area contributed by atoms with Gasteiger partial charge in [0.2, 0.25) is 0 Å². The number of rotatable bonds is 6. The van der Waals surface area contributed by atoms with Gasteiger partial charge in [0.25, 0.3) is 0 Å². The number of nitrogens with one attached hydrogen (secondary N) is 3. The van der Waals surface area contributed by atoms with Crippen LogP contribution >= 0.6 is 0 Å². The van der Waals surface area contributed by atoms with E-state index in [1.165, 1.54) is 44.2 Å². The Morgan fingerprint density at radius 2 is 0.893 bits per heavy atom. The summed E-state index contributed by atoms with van der Waals surface area (Å²) in [6, 6.07) is 69.2. The fourth-order valence-electron chi connectivity index (χ4n) is 8.68. The molecule has 0 bridgehead atoms. The van der Waals surface area contributed by atoms with Crippen molar-refractivity contribution in [3.63, 3.8) is 0 Å². The third-order valence-electron chi connectivity index (χ3n) is 11.3. The lowest BCUT2D eigenvalue weighted by Gasteiger charge is -2.39. The highest BCUT2D eigenvalue weighted by molar-refractivity contribution is 6.14. The summed E-state index contributed by atoms with van der Waals surface area (Å²) >= 11 is 0. The Morgan fingerprint density at radius 3 is 1.45 bits per heavy atom. The second-order valence-electron chi connectivity index (χ2n) is 14.6. The molecule has 268 valence electrons. The molecule has 10 aromatic rings. The van der Waals surface area contributed by atoms with E-state index in [-0.39, 0.29) is 18.5 Å². The molecular weight excluding hydrogens is 685 g/mol. The topological polar surface area (TPSA) is 54.2 Å². The van der Waals surface area contributed by atoms with Crippen molar-refractivity contribution in [2.45, 2.75) is 18.5 Å². The number of aromatic nitrogens is 1. The van der Waals surface area contributed by atoms with E-state index in [1.54, 1.807) is 0 Å². The summed E-state index contributed by atoms with van der Waals surface area (Å²) < 4.78 is 9.34. The first-order valence-corrected chi connectivity index (χ1v) is 19.3. The van der Waals surface area contributed by atoms with E-state index in [0.717, 1.165) is 44.2 Å². The molecule has 0 saturated carbocycles. The minimum atomic E-state index is -0.166. The van der Waals surface area contributed by atoms with Gasteiger partial charge in [0.05, 0.1) is 35.2 Å². The van der Waals surface area contributed by atoms with Crippen LogP contribution in [0.3, 0.4) is 0 Å². The van der Waals surface area contributed by atoms with Gasteiger partial charge in [-0.3, -0.25) is 16.0 Å². The summed E-state index contributed by atoms with van der Waals surface area (Å²) in [4.78, 5) is 0. The van der Waals surface area contributed by atoms with E-state index in [9.17, 15) is 0 Å². The van der Waals surface area contributed by atoms with Gasteiger partial charge in [-0.15, -0.1) is 0 Å². The number of para-hydroxylation sites is 1. The fourth-order valence-corrected chi connectivity index (χ4v) is 8.68. The van der Waals surface area contributed by atoms with Crippen LogP contribution in [0.1, 0.15) is 35.2 Å². The zero-order valence-electron chi connectivity index (χ0n) is 30.6. The molecule has 0 aliphatic carbocycles. The van der Waals surface area contributed by atoms with Gasteiger partial charge in [-0.25, -0.2) is 0 Å². The Bertz CT molecular complexity index is 2860. The molecule has 2 unspecified atom stereocenters. The van der Waals surface area contributed by atoms with E-state index in [2.05, 4.69) is 215 Å². The van der Waals surface area contributed by atoms with Crippen molar-refractivity contribution in [1.82, 2.24) is 20.5 Å². The summed E-state index contributed by atoms with van der Waals surface area (Å²) in [5.41, 5.74) is 13.3. The molecule has 56 heavy (non-hydrogen) atoms. The molecule has 1 fully saturated rings. The molecule has 2 atom stereocenters. The number of nitrogens with zero attached hydrogens (tertiary/aromatic N) is 1. The predicted octanol–water partition coefficient (Wildman–Crippen LogP) is 12.2. The molecule has 5 heteroatoms. The van der Waals surface area contributed by atoms with Crippen LogP contribution < -0.4 is 16.0 Å². The smallest absolute Gasteiger partial charge is 0.159 e. The maximum absolute atomic E-state index is 6.95. The largest absolute Gasteiger partial charge is 0.454 e. The standard InChI is InChI=1S/C51H38N4O/c1-5-15-33(16-6-1)37-27-29-43-41(31-37)42-32-38(34-17-7-2-8-18-34)28-30-44(42)55(43)45-25-13-23-39-47-40(24-14-26-46(47)56-48(39)45)51-53-49(35-19-9-3-10-20-35)52-50(54-51)36-21-11-4-12-22-36/h1-32,49-54H. The number of fused-ring (bicyclic) bond motifs is 6. The molecule has 1 aliphatic rings. The van der Waals surface area contributed by atoms with E-state index < -0.39 is 0 Å². The third kappa shape index (κ3) is 5.52. The molecular formula is C51H38N4O. The molecule has 0 radical (unpaired) electrons. The van der Waals surface area contributed by atoms with E-state index in [4.69, 9.17) is 4.42 Å². The summed E-state index contributed by atoms with van der Waals surface area (Å²) in [5, 5.41) is 16.2. The van der Waals surface area contributed by atoms with Crippen LogP contribution in [-0.4, -0.2) is 4.57 Å². The Labute approximate surface area is 324 Å². The second kappa shape index (κ2) is 13.5. The second-order valence-corrected chi connectivity index (χ2v) is 14.6. The Hall–Kier alpha value is -6.76. The van der Waals surface area contributed by atoms with Crippen molar-refractivity contribution in [3.05, 3.63) is 211 Å². The SMILES string of the molecule is c1ccc(-c2ccc3c(c2)c2cc(-c4ccccc4)ccc2n3-c2cccc3c2oc2cccc(C4NC(c5ccccc5)NC(c5ccccc5)N4)c23)cc1. The van der Waals surface area contributed by atoms with Gasteiger partial charge < -0.3 is 8.98 Å². The number of benzene rings is 8. The number of hydrogen-bond donors (Lipinski definition) is 3. The summed E-state index contributed by atoms with van der Waals surface area (Å²) in [6.45, 7) is 0. The fraction of sp³-hybridized carbons (Fsp3) is 0.0588. The van der Waals surface area contributed by atoms with Gasteiger partial charge in [-0.2, -0.15) is 0 Å². The Balaban J connectivity index is 1.10. The molecule has 1 saturated heterocycles. The average Bonchev–Trinajstić information content (AvgIpc) is 3.83. The zero-order valence-corrected chi connectivity index (χ0v) is 30.6. The summed E-state index contributed by atoms with van der Waals surface area (Å²) in [6.07, 6.45) is -0.313. The Kier molecular flexibility index (Phi) is 7.88. The maximum Gasteiger partial charge on any atom is 0.159 e. The van der Waals surface area contributed by atoms with Crippen LogP contribution in [0.25, 0.3) is 71.7 Å². The molecule has 3 heterocycles. The lowest BCUT2D eigenvalue weighted by molar-refractivity contribution is 0.204. The minimum absolute atomic E-state index is 0.0733. The normalized spacial score (nSPS) is 17.2. The van der Waals surface area contributed by atoms with Crippen LogP contribution in [0.4, 0.5) is 0 Å². The lowest BCUT2D eigenvalue weighted by Crippen LogP contribution is -2.54. The zero-order chi connectivity index (χ0) is 37.0. The highest BCUT2D eigenvalue weighted by Gasteiger charge is 2.31. The summed E-state index contributed by atoms with van der Waals surface area (Å²) in [5.74, 6) is 0. The van der Waals surface area contributed by atoms with Crippen LogP contribution in [0.2, 0.25) is 0 Å². The predicted molar refractivity (Wildman–Crippen MR) is 229 cm³/mol. The van der Waals surface area contributed by atoms with E-state index in [1.807, 2.05) is 0 Å². The molecule has 5 nitrogen and oxygen atoms in total. The highest BCUT2D eigenvalue weighted by atomic mass is 16.3. The van der Waals surface area contributed by atoms with Crippen molar-refractivity contribution in [2.75, 3.05) is 0 Å². The lowest BCUT2D eigenvalue weighted by atomic mass is 10.0. The molecule has 3 N–H and O–H groups in total. The van der Waals surface area contributed by atoms with Crippen LogP contribution in [0.5, 0.6) is 0 Å². The monoisotopic (exact) mass is 722 g/mol. The molecule has 1 aliphatic heterocycles.